The molecule has 28 heavy (non-hydrogen) atoms. The van der Waals surface area contributed by atoms with Gasteiger partial charge in [-0.3, -0.25) is 4.79 Å². The van der Waals surface area contributed by atoms with Crippen molar-refractivity contribution >= 4 is 29.7 Å². The first-order valence-corrected chi connectivity index (χ1v) is 8.86. The van der Waals surface area contributed by atoms with E-state index in [2.05, 4.69) is 10.3 Å². The van der Waals surface area contributed by atoms with Crippen LogP contribution in [-0.2, 0) is 6.42 Å². The van der Waals surface area contributed by atoms with Gasteiger partial charge in [-0.05, 0) is 61.7 Å². The summed E-state index contributed by atoms with van der Waals surface area (Å²) in [5.41, 5.74) is 10.6. The molecular formula is C20H22ClN5O2. The molecule has 1 amide bonds. The molecule has 0 unspecified atom stereocenters. The Morgan fingerprint density at radius 1 is 1.18 bits per heavy atom. The third-order valence-electron chi connectivity index (χ3n) is 4.95. The van der Waals surface area contributed by atoms with Gasteiger partial charge in [0, 0.05) is 17.9 Å². The molecule has 0 saturated heterocycles. The molecular weight excluding hydrogens is 378 g/mol. The fraction of sp³-hybridized carbons (Fsp3) is 0.250. The molecule has 0 radical (unpaired) electrons. The van der Waals surface area contributed by atoms with E-state index >= 15 is 0 Å². The summed E-state index contributed by atoms with van der Waals surface area (Å²) in [4.78, 5) is 14.9. The smallest absolute Gasteiger partial charge is 0.280 e. The molecule has 3 aromatic rings. The Bertz CT molecular complexity index is 1000. The van der Waals surface area contributed by atoms with Crippen molar-refractivity contribution in [2.24, 2.45) is 0 Å². The molecule has 2 heterocycles. The van der Waals surface area contributed by atoms with Gasteiger partial charge < -0.3 is 15.4 Å². The zero-order valence-corrected chi connectivity index (χ0v) is 16.6. The number of hydrogen-bond donors (Lipinski definition) is 1. The van der Waals surface area contributed by atoms with Gasteiger partial charge in [0.2, 0.25) is 0 Å². The molecule has 4 rings (SSSR count). The molecule has 0 atom stereocenters. The molecule has 2 aromatic carbocycles. The number of carbonyl (C=O) groups is 1. The molecule has 8 heteroatoms. The van der Waals surface area contributed by atoms with E-state index < -0.39 is 0 Å². The van der Waals surface area contributed by atoms with Gasteiger partial charge in [-0.2, -0.15) is 0 Å². The topological polar surface area (TPSA) is 86.3 Å². The number of nitrogens with two attached hydrogens (primary N) is 1. The number of hydrogen-bond acceptors (Lipinski definition) is 5. The maximum atomic E-state index is 13.2. The highest BCUT2D eigenvalue weighted by Crippen LogP contribution is 2.32. The van der Waals surface area contributed by atoms with Crippen molar-refractivity contribution in [3.05, 3.63) is 59.4 Å². The number of halogens is 1. The lowest BCUT2D eigenvalue weighted by atomic mass is 9.99. The van der Waals surface area contributed by atoms with Crippen LogP contribution in [0.1, 0.15) is 28.2 Å². The van der Waals surface area contributed by atoms with Gasteiger partial charge in [0.25, 0.3) is 5.91 Å². The predicted molar refractivity (Wildman–Crippen MR) is 111 cm³/mol. The Morgan fingerprint density at radius 3 is 2.64 bits per heavy atom. The quantitative estimate of drug-likeness (QED) is 0.683. The van der Waals surface area contributed by atoms with Crippen LogP contribution in [0.4, 0.5) is 11.4 Å². The molecule has 0 fully saturated rings. The van der Waals surface area contributed by atoms with E-state index in [1.54, 1.807) is 16.7 Å². The van der Waals surface area contributed by atoms with Gasteiger partial charge >= 0.3 is 0 Å². The van der Waals surface area contributed by atoms with E-state index in [1.807, 2.05) is 49.4 Å². The van der Waals surface area contributed by atoms with E-state index in [9.17, 15) is 4.79 Å². The Morgan fingerprint density at radius 2 is 1.93 bits per heavy atom. The summed E-state index contributed by atoms with van der Waals surface area (Å²) in [6, 6.07) is 13.1. The van der Waals surface area contributed by atoms with Crippen LogP contribution in [0.15, 0.2) is 42.5 Å². The number of carbonyl (C=O) groups excluding carboxylic acids is 1. The van der Waals surface area contributed by atoms with E-state index in [1.165, 1.54) is 0 Å². The first-order chi connectivity index (χ1) is 13.1. The molecule has 0 bridgehead atoms. The number of rotatable bonds is 3. The number of fused-ring (bicyclic) bond motifs is 1. The Kier molecular flexibility index (Phi) is 5.56. The maximum Gasteiger partial charge on any atom is 0.280 e. The second kappa shape index (κ2) is 7.90. The van der Waals surface area contributed by atoms with Crippen LogP contribution in [0.25, 0.3) is 5.69 Å². The Labute approximate surface area is 169 Å². The van der Waals surface area contributed by atoms with Crippen molar-refractivity contribution in [2.75, 3.05) is 24.3 Å². The minimum atomic E-state index is -0.154. The zero-order chi connectivity index (χ0) is 19.0. The number of amides is 1. The van der Waals surface area contributed by atoms with Crippen LogP contribution in [0, 0.1) is 6.92 Å². The number of ether oxygens (including phenoxy) is 1. The lowest BCUT2D eigenvalue weighted by molar-refractivity contribution is 0.0979. The van der Waals surface area contributed by atoms with Crippen LogP contribution in [-0.4, -0.2) is 34.6 Å². The Hall–Kier alpha value is -3.06. The van der Waals surface area contributed by atoms with Gasteiger partial charge in [-0.15, -0.1) is 17.5 Å². The molecule has 0 spiro atoms. The number of benzene rings is 2. The third-order valence-corrected chi connectivity index (χ3v) is 4.95. The minimum absolute atomic E-state index is 0. The summed E-state index contributed by atoms with van der Waals surface area (Å²) >= 11 is 0. The van der Waals surface area contributed by atoms with Gasteiger partial charge in [0.15, 0.2) is 5.69 Å². The van der Waals surface area contributed by atoms with E-state index in [4.69, 9.17) is 10.5 Å². The number of nitrogen functional groups attached to an aromatic ring is 1. The molecule has 1 aliphatic heterocycles. The van der Waals surface area contributed by atoms with Crippen molar-refractivity contribution in [1.29, 1.82) is 0 Å². The van der Waals surface area contributed by atoms with Gasteiger partial charge in [-0.25, -0.2) is 4.68 Å². The molecule has 0 saturated carbocycles. The summed E-state index contributed by atoms with van der Waals surface area (Å²) in [5.74, 6) is 0.606. The number of nitrogens with zero attached hydrogens (tertiary/aromatic N) is 4. The van der Waals surface area contributed by atoms with Crippen LogP contribution >= 0.6 is 12.4 Å². The molecule has 0 aliphatic carbocycles. The van der Waals surface area contributed by atoms with Gasteiger partial charge in [-0.1, -0.05) is 11.3 Å². The fourth-order valence-electron chi connectivity index (χ4n) is 3.49. The molecule has 146 valence electrons. The van der Waals surface area contributed by atoms with Crippen molar-refractivity contribution < 1.29 is 9.53 Å². The van der Waals surface area contributed by atoms with Crippen molar-refractivity contribution in [2.45, 2.75) is 19.8 Å². The lowest BCUT2D eigenvalue weighted by Crippen LogP contribution is -2.36. The average molecular weight is 400 g/mol. The molecule has 1 aromatic heterocycles. The maximum absolute atomic E-state index is 13.2. The predicted octanol–water partition coefficient (Wildman–Crippen LogP) is 3.18. The normalized spacial score (nSPS) is 12.9. The summed E-state index contributed by atoms with van der Waals surface area (Å²) in [6.07, 6.45) is 1.75. The highest BCUT2D eigenvalue weighted by Gasteiger charge is 2.28. The number of aromatic nitrogens is 3. The summed E-state index contributed by atoms with van der Waals surface area (Å²) in [5, 5.41) is 8.35. The first-order valence-electron chi connectivity index (χ1n) is 8.86. The average Bonchev–Trinajstić information content (AvgIpc) is 3.09. The Balaban J connectivity index is 0.00000225. The molecule has 1 aliphatic rings. The van der Waals surface area contributed by atoms with Crippen LogP contribution in [0.2, 0.25) is 0 Å². The van der Waals surface area contributed by atoms with Crippen molar-refractivity contribution in [3.63, 3.8) is 0 Å². The standard InChI is InChI=1S/C20H21N5O2.ClH/c1-13-19(22-23-25(13)14-8-10-15(27-2)11-9-14)20(26)24-12-4-5-16-17(21)6-3-7-18(16)24;/h3,6-11H,4-5,12,21H2,1-2H3;1H. The van der Waals surface area contributed by atoms with Gasteiger partial charge in [0.1, 0.15) is 5.75 Å². The zero-order valence-electron chi connectivity index (χ0n) is 15.8. The van der Waals surface area contributed by atoms with Gasteiger partial charge in [0.05, 0.1) is 18.5 Å². The van der Waals surface area contributed by atoms with E-state index in [0.29, 0.717) is 17.9 Å². The highest BCUT2D eigenvalue weighted by atomic mass is 35.5. The fourth-order valence-corrected chi connectivity index (χ4v) is 3.49. The summed E-state index contributed by atoms with van der Waals surface area (Å²) in [7, 11) is 1.62. The van der Waals surface area contributed by atoms with Crippen molar-refractivity contribution in [1.82, 2.24) is 15.0 Å². The SMILES string of the molecule is COc1ccc(-n2nnc(C(=O)N3CCCc4c(N)cccc43)c2C)cc1.Cl. The van der Waals surface area contributed by atoms with Crippen LogP contribution in [0.3, 0.4) is 0 Å². The minimum Gasteiger partial charge on any atom is -0.497 e. The number of anilines is 2. The summed E-state index contributed by atoms with van der Waals surface area (Å²) < 4.78 is 6.85. The van der Waals surface area contributed by atoms with Crippen molar-refractivity contribution in [3.8, 4) is 11.4 Å². The molecule has 2 N–H and O–H groups in total. The van der Waals surface area contributed by atoms with Crippen LogP contribution in [0.5, 0.6) is 5.75 Å². The second-order valence-corrected chi connectivity index (χ2v) is 6.54. The molecule has 7 nitrogen and oxygen atoms in total. The largest absolute Gasteiger partial charge is 0.497 e. The first kappa shape index (κ1) is 19.7. The van der Waals surface area contributed by atoms with Crippen LogP contribution < -0.4 is 15.4 Å². The third kappa shape index (κ3) is 3.29. The van der Waals surface area contributed by atoms with E-state index in [0.717, 1.165) is 41.2 Å². The lowest BCUT2D eigenvalue weighted by Gasteiger charge is -2.29. The monoisotopic (exact) mass is 399 g/mol. The summed E-state index contributed by atoms with van der Waals surface area (Å²) in [6.45, 7) is 2.49. The van der Waals surface area contributed by atoms with E-state index in [-0.39, 0.29) is 18.3 Å². The number of methoxy groups -OCH3 is 1. The highest BCUT2D eigenvalue weighted by molar-refractivity contribution is 6.06. The second-order valence-electron chi connectivity index (χ2n) is 6.54.